The average Bonchev–Trinajstić information content (AvgIpc) is 2.65. The van der Waals surface area contributed by atoms with Crippen LogP contribution >= 0.6 is 23.2 Å². The van der Waals surface area contributed by atoms with Crippen molar-refractivity contribution < 1.29 is 19.1 Å². The first-order chi connectivity index (χ1) is 13.3. The van der Waals surface area contributed by atoms with Gasteiger partial charge in [-0.05, 0) is 37.6 Å². The Balaban J connectivity index is 2.30. The minimum Gasteiger partial charge on any atom is -0.493 e. The third kappa shape index (κ3) is 4.79. The Morgan fingerprint density at radius 3 is 2.39 bits per heavy atom. The molecular weight excluding hydrogens is 405 g/mol. The maximum atomic E-state index is 12.6. The summed E-state index contributed by atoms with van der Waals surface area (Å²) in [5.74, 6) is -0.505. The van der Waals surface area contributed by atoms with E-state index in [2.05, 4.69) is 15.5 Å². The molecule has 9 heteroatoms. The van der Waals surface area contributed by atoms with Gasteiger partial charge in [-0.2, -0.15) is 10.2 Å². The van der Waals surface area contributed by atoms with Crippen LogP contribution in [0, 0.1) is 6.92 Å². The fourth-order valence-corrected chi connectivity index (χ4v) is 2.91. The lowest BCUT2D eigenvalue weighted by Crippen LogP contribution is -2.32. The third-order valence-corrected chi connectivity index (χ3v) is 4.52. The van der Waals surface area contributed by atoms with Crippen LogP contribution in [0.2, 0.25) is 10.0 Å². The van der Waals surface area contributed by atoms with Crippen molar-refractivity contribution in [2.75, 3.05) is 19.5 Å². The minimum absolute atomic E-state index is 0.136. The number of azo groups is 1. The Labute approximate surface area is 172 Å². The lowest BCUT2D eigenvalue weighted by atomic mass is 10.2. The zero-order valence-electron chi connectivity index (χ0n) is 15.7. The highest BCUT2D eigenvalue weighted by Gasteiger charge is 2.25. The van der Waals surface area contributed by atoms with E-state index < -0.39 is 17.7 Å². The second kappa shape index (κ2) is 9.52. The third-order valence-electron chi connectivity index (χ3n) is 3.84. The lowest BCUT2D eigenvalue weighted by Gasteiger charge is -2.15. The Hall–Kier alpha value is -2.64. The fraction of sp³-hybridized carbons (Fsp3) is 0.263. The highest BCUT2D eigenvalue weighted by Crippen LogP contribution is 2.40. The topological polar surface area (TPSA) is 89.4 Å². The van der Waals surface area contributed by atoms with E-state index in [9.17, 15) is 9.59 Å². The molecule has 0 aliphatic carbocycles. The van der Waals surface area contributed by atoms with Crippen LogP contribution in [0.4, 0.5) is 11.4 Å². The monoisotopic (exact) mass is 423 g/mol. The quantitative estimate of drug-likeness (QED) is 0.501. The summed E-state index contributed by atoms with van der Waals surface area (Å²) in [6, 6.07) is 6.97. The molecule has 0 aliphatic heterocycles. The standard InChI is InChI=1S/C19H19Cl2N3O4/c1-10-6-5-7-12(20)16(10)23-24-17(11(2)25)19(26)22-13-8-9-14(27-3)18(28-4)15(13)21/h5-9,17H,1-4H3,(H,22,26). The lowest BCUT2D eigenvalue weighted by molar-refractivity contribution is -0.126. The van der Waals surface area contributed by atoms with Crippen molar-refractivity contribution in [3.8, 4) is 11.5 Å². The number of benzene rings is 2. The number of ketones is 1. The van der Waals surface area contributed by atoms with Crippen molar-refractivity contribution in [1.82, 2.24) is 0 Å². The predicted octanol–water partition coefficient (Wildman–Crippen LogP) is 5.00. The van der Waals surface area contributed by atoms with E-state index >= 15 is 0 Å². The van der Waals surface area contributed by atoms with E-state index in [1.807, 2.05) is 0 Å². The molecule has 1 atom stereocenters. The molecule has 0 spiro atoms. The van der Waals surface area contributed by atoms with Crippen LogP contribution in [0.3, 0.4) is 0 Å². The van der Waals surface area contributed by atoms with Crippen molar-refractivity contribution in [2.45, 2.75) is 19.9 Å². The largest absolute Gasteiger partial charge is 0.493 e. The number of hydrogen-bond acceptors (Lipinski definition) is 6. The first-order valence-electron chi connectivity index (χ1n) is 8.17. The van der Waals surface area contributed by atoms with Gasteiger partial charge in [-0.3, -0.25) is 9.59 Å². The number of anilines is 1. The van der Waals surface area contributed by atoms with Crippen molar-refractivity contribution >= 4 is 46.3 Å². The van der Waals surface area contributed by atoms with Gasteiger partial charge in [-0.1, -0.05) is 35.3 Å². The molecule has 2 rings (SSSR count). The van der Waals surface area contributed by atoms with Crippen LogP contribution in [0.1, 0.15) is 12.5 Å². The van der Waals surface area contributed by atoms with Gasteiger partial charge in [0.1, 0.15) is 10.7 Å². The molecule has 0 bridgehead atoms. The normalized spacial score (nSPS) is 11.9. The Morgan fingerprint density at radius 2 is 1.82 bits per heavy atom. The van der Waals surface area contributed by atoms with Gasteiger partial charge in [-0.25, -0.2) is 0 Å². The summed E-state index contributed by atoms with van der Waals surface area (Å²) in [5, 5.41) is 11.0. The summed E-state index contributed by atoms with van der Waals surface area (Å²) in [4.78, 5) is 24.6. The molecule has 0 radical (unpaired) electrons. The fourth-order valence-electron chi connectivity index (χ4n) is 2.37. The smallest absolute Gasteiger partial charge is 0.258 e. The van der Waals surface area contributed by atoms with Crippen LogP contribution in [0.15, 0.2) is 40.6 Å². The summed E-state index contributed by atoms with van der Waals surface area (Å²) < 4.78 is 10.3. The molecule has 1 N–H and O–H groups in total. The average molecular weight is 424 g/mol. The molecule has 0 saturated carbocycles. The molecule has 0 fully saturated rings. The van der Waals surface area contributed by atoms with Crippen molar-refractivity contribution in [1.29, 1.82) is 0 Å². The molecule has 2 aromatic rings. The van der Waals surface area contributed by atoms with E-state index in [0.717, 1.165) is 5.56 Å². The second-order valence-corrected chi connectivity index (χ2v) is 6.57. The first kappa shape index (κ1) is 21.7. The number of hydrogen-bond donors (Lipinski definition) is 1. The van der Waals surface area contributed by atoms with Gasteiger partial charge < -0.3 is 14.8 Å². The number of carbonyl (C=O) groups excluding carboxylic acids is 2. The van der Waals surface area contributed by atoms with Crippen LogP contribution in [0.5, 0.6) is 11.5 Å². The van der Waals surface area contributed by atoms with E-state index in [4.69, 9.17) is 32.7 Å². The molecular formula is C19H19Cl2N3O4. The number of ether oxygens (including phenoxy) is 2. The number of aryl methyl sites for hydroxylation is 1. The summed E-state index contributed by atoms with van der Waals surface area (Å²) in [7, 11) is 2.89. The number of halogens is 2. The van der Waals surface area contributed by atoms with Gasteiger partial charge in [0.05, 0.1) is 24.9 Å². The van der Waals surface area contributed by atoms with Gasteiger partial charge >= 0.3 is 0 Å². The van der Waals surface area contributed by atoms with Gasteiger partial charge in [-0.15, -0.1) is 0 Å². The number of methoxy groups -OCH3 is 2. The SMILES string of the molecule is COc1ccc(NC(=O)C(N=Nc2c(C)cccc2Cl)C(C)=O)c(Cl)c1OC. The van der Waals surface area contributed by atoms with Crippen LogP contribution in [-0.4, -0.2) is 32.0 Å². The number of rotatable bonds is 7. The summed E-state index contributed by atoms with van der Waals surface area (Å²) in [6.45, 7) is 3.05. The zero-order valence-corrected chi connectivity index (χ0v) is 17.3. The molecule has 2 aromatic carbocycles. The van der Waals surface area contributed by atoms with Crippen molar-refractivity contribution in [2.24, 2.45) is 10.2 Å². The van der Waals surface area contributed by atoms with E-state index in [1.54, 1.807) is 31.2 Å². The van der Waals surface area contributed by atoms with Crippen molar-refractivity contribution in [3.05, 3.63) is 45.9 Å². The number of Topliss-reactive ketones (excluding diaryl/α,β-unsaturated/α-hetero) is 1. The van der Waals surface area contributed by atoms with E-state index in [0.29, 0.717) is 16.5 Å². The zero-order chi connectivity index (χ0) is 20.8. The molecule has 1 unspecified atom stereocenters. The molecule has 1 amide bonds. The molecule has 0 aromatic heterocycles. The number of amides is 1. The summed E-state index contributed by atoms with van der Waals surface area (Å²) >= 11 is 12.4. The van der Waals surface area contributed by atoms with Gasteiger partial charge in [0.2, 0.25) is 6.04 Å². The summed E-state index contributed by atoms with van der Waals surface area (Å²) in [5.41, 5.74) is 1.41. The maximum Gasteiger partial charge on any atom is 0.258 e. The second-order valence-electron chi connectivity index (χ2n) is 5.79. The molecule has 28 heavy (non-hydrogen) atoms. The molecule has 7 nitrogen and oxygen atoms in total. The minimum atomic E-state index is -1.36. The van der Waals surface area contributed by atoms with Crippen LogP contribution in [-0.2, 0) is 9.59 Å². The molecule has 0 aliphatic rings. The predicted molar refractivity (Wildman–Crippen MR) is 108 cm³/mol. The van der Waals surface area contributed by atoms with Gasteiger partial charge in [0.15, 0.2) is 17.3 Å². The molecule has 148 valence electrons. The van der Waals surface area contributed by atoms with Crippen LogP contribution in [0.25, 0.3) is 0 Å². The van der Waals surface area contributed by atoms with E-state index in [1.165, 1.54) is 27.2 Å². The van der Waals surface area contributed by atoms with E-state index in [-0.39, 0.29) is 16.5 Å². The number of nitrogens with zero attached hydrogens (tertiary/aromatic N) is 2. The van der Waals surface area contributed by atoms with Gasteiger partial charge in [0, 0.05) is 0 Å². The molecule has 0 saturated heterocycles. The highest BCUT2D eigenvalue weighted by atomic mass is 35.5. The Kier molecular flexibility index (Phi) is 7.37. The Bertz CT molecular complexity index is 911. The first-order valence-corrected chi connectivity index (χ1v) is 8.93. The number of carbonyl (C=O) groups is 2. The van der Waals surface area contributed by atoms with Crippen molar-refractivity contribution in [3.63, 3.8) is 0 Å². The Morgan fingerprint density at radius 1 is 1.11 bits per heavy atom. The summed E-state index contributed by atoms with van der Waals surface area (Å²) in [6.07, 6.45) is 0. The van der Waals surface area contributed by atoms with Crippen LogP contribution < -0.4 is 14.8 Å². The maximum absolute atomic E-state index is 12.6. The van der Waals surface area contributed by atoms with Gasteiger partial charge in [0.25, 0.3) is 5.91 Å². The molecule has 0 heterocycles. The number of nitrogens with one attached hydrogen (secondary N) is 1. The highest BCUT2D eigenvalue weighted by molar-refractivity contribution is 6.35.